The van der Waals surface area contributed by atoms with E-state index in [2.05, 4.69) is 194 Å². The second-order valence-electron chi connectivity index (χ2n) is 14.9. The molecular weight excluding hydrogens is 701 g/mol. The van der Waals surface area contributed by atoms with E-state index in [4.69, 9.17) is 9.97 Å². The number of aromatic nitrogens is 2. The lowest BCUT2D eigenvalue weighted by molar-refractivity contribution is 1.19. The maximum atomic E-state index is 4.76. The van der Waals surface area contributed by atoms with Gasteiger partial charge in [0.1, 0.15) is 0 Å². The molecule has 2 heterocycles. The molecule has 0 atom stereocenters. The van der Waals surface area contributed by atoms with Gasteiger partial charge in [-0.1, -0.05) is 158 Å². The monoisotopic (exact) mass is 740 g/mol. The molecule has 0 saturated carbocycles. The van der Waals surface area contributed by atoms with Gasteiger partial charge in [-0.2, -0.15) is 0 Å². The van der Waals surface area contributed by atoms with Gasteiger partial charge in [0.2, 0.25) is 0 Å². The Morgan fingerprint density at radius 2 is 1.00 bits per heavy atom. The standard InChI is InChI=1S/C56H40N2/c1-3-16-39(17-4-1)32-40-33-47(41-18-5-2-6-19-41)37-48(34-40)42-28-29-51-52(38-42)56(45-21-8-7-20-43(35-45)53-26-11-13-30-57-53)50-25-10-9-24-49(50)55(51)46-23-15-22-44(36-46)54-27-12-14-31-58-54/h1-7,9-31,33-38H,8,32H2. The number of fused-ring (bicyclic) bond motifs is 2. The van der Waals surface area contributed by atoms with Gasteiger partial charge in [0.05, 0.1) is 11.4 Å². The average molecular weight is 741 g/mol. The molecule has 0 unspecified atom stereocenters. The van der Waals surface area contributed by atoms with Crippen molar-refractivity contribution >= 4 is 32.7 Å². The van der Waals surface area contributed by atoms with Gasteiger partial charge in [-0.05, 0) is 139 Å². The van der Waals surface area contributed by atoms with Crippen molar-refractivity contribution in [2.24, 2.45) is 0 Å². The van der Waals surface area contributed by atoms with Crippen LogP contribution in [0.15, 0.2) is 219 Å². The molecule has 0 fully saturated rings. The third kappa shape index (κ3) is 6.97. The summed E-state index contributed by atoms with van der Waals surface area (Å²) in [6.07, 6.45) is 14.6. The number of hydrogen-bond donors (Lipinski definition) is 0. The van der Waals surface area contributed by atoms with E-state index in [1.807, 2.05) is 24.5 Å². The van der Waals surface area contributed by atoms with E-state index in [-0.39, 0.29) is 0 Å². The van der Waals surface area contributed by atoms with Crippen molar-refractivity contribution in [3.63, 3.8) is 0 Å². The van der Waals surface area contributed by atoms with Gasteiger partial charge in [-0.15, -0.1) is 0 Å². The van der Waals surface area contributed by atoms with Crippen LogP contribution in [0, 0.1) is 0 Å². The van der Waals surface area contributed by atoms with E-state index >= 15 is 0 Å². The van der Waals surface area contributed by atoms with Crippen LogP contribution in [-0.2, 0) is 6.42 Å². The highest BCUT2D eigenvalue weighted by Gasteiger charge is 2.20. The zero-order valence-electron chi connectivity index (χ0n) is 32.1. The Morgan fingerprint density at radius 1 is 0.379 bits per heavy atom. The molecule has 1 aliphatic rings. The number of rotatable bonds is 8. The van der Waals surface area contributed by atoms with Crippen LogP contribution in [0.4, 0.5) is 0 Å². The first kappa shape index (κ1) is 35.0. The predicted molar refractivity (Wildman–Crippen MR) is 244 cm³/mol. The molecular formula is C56H40N2. The van der Waals surface area contributed by atoms with E-state index in [9.17, 15) is 0 Å². The van der Waals surface area contributed by atoms with Crippen molar-refractivity contribution < 1.29 is 0 Å². The molecule has 0 amide bonds. The summed E-state index contributed by atoms with van der Waals surface area (Å²) in [6.45, 7) is 0. The molecule has 0 aliphatic heterocycles. The van der Waals surface area contributed by atoms with E-state index < -0.39 is 0 Å². The summed E-state index contributed by atoms with van der Waals surface area (Å²) >= 11 is 0. The smallest absolute Gasteiger partial charge is 0.0702 e. The van der Waals surface area contributed by atoms with Crippen LogP contribution < -0.4 is 0 Å². The van der Waals surface area contributed by atoms with Crippen molar-refractivity contribution in [1.82, 2.24) is 9.97 Å². The molecule has 274 valence electrons. The van der Waals surface area contributed by atoms with Crippen molar-refractivity contribution in [3.8, 4) is 44.6 Å². The van der Waals surface area contributed by atoms with Gasteiger partial charge in [0, 0.05) is 23.5 Å². The summed E-state index contributed by atoms with van der Waals surface area (Å²) in [4.78, 5) is 9.46. The Hall–Kier alpha value is -7.42. The van der Waals surface area contributed by atoms with Crippen LogP contribution >= 0.6 is 0 Å². The summed E-state index contributed by atoms with van der Waals surface area (Å²) in [7, 11) is 0. The second kappa shape index (κ2) is 15.6. The molecule has 0 saturated heterocycles. The van der Waals surface area contributed by atoms with Crippen LogP contribution in [0.5, 0.6) is 0 Å². The van der Waals surface area contributed by atoms with Gasteiger partial charge in [-0.3, -0.25) is 9.97 Å². The van der Waals surface area contributed by atoms with Gasteiger partial charge in [0.15, 0.2) is 0 Å². The molecule has 2 heteroatoms. The van der Waals surface area contributed by atoms with Gasteiger partial charge < -0.3 is 0 Å². The summed E-state index contributed by atoms with van der Waals surface area (Å²) < 4.78 is 0. The molecule has 0 radical (unpaired) electrons. The zero-order chi connectivity index (χ0) is 38.7. The number of benzene rings is 7. The summed E-state index contributed by atoms with van der Waals surface area (Å²) in [6, 6.07) is 65.7. The summed E-state index contributed by atoms with van der Waals surface area (Å²) in [5, 5.41) is 4.87. The molecule has 0 spiro atoms. The van der Waals surface area contributed by atoms with Crippen LogP contribution in [0.3, 0.4) is 0 Å². The summed E-state index contributed by atoms with van der Waals surface area (Å²) in [5.41, 5.74) is 16.4. The van der Waals surface area contributed by atoms with Crippen LogP contribution in [0.2, 0.25) is 0 Å². The molecule has 0 N–H and O–H groups in total. The van der Waals surface area contributed by atoms with Gasteiger partial charge in [-0.25, -0.2) is 0 Å². The molecule has 58 heavy (non-hydrogen) atoms. The molecule has 9 aromatic rings. The van der Waals surface area contributed by atoms with E-state index in [1.165, 1.54) is 77.2 Å². The minimum Gasteiger partial charge on any atom is -0.256 e. The highest BCUT2D eigenvalue weighted by molar-refractivity contribution is 6.20. The fourth-order valence-corrected chi connectivity index (χ4v) is 8.47. The predicted octanol–water partition coefficient (Wildman–Crippen LogP) is 14.5. The van der Waals surface area contributed by atoms with Crippen LogP contribution in [0.1, 0.15) is 28.8 Å². The third-order valence-electron chi connectivity index (χ3n) is 11.2. The Morgan fingerprint density at radius 3 is 1.76 bits per heavy atom. The largest absolute Gasteiger partial charge is 0.256 e. The lowest BCUT2D eigenvalue weighted by Gasteiger charge is -2.20. The minimum absolute atomic E-state index is 0.827. The molecule has 0 bridgehead atoms. The Balaban J connectivity index is 1.24. The van der Waals surface area contributed by atoms with Gasteiger partial charge >= 0.3 is 0 Å². The quantitative estimate of drug-likeness (QED) is 0.145. The molecule has 1 aliphatic carbocycles. The van der Waals surface area contributed by atoms with Crippen LogP contribution in [0.25, 0.3) is 77.3 Å². The normalized spacial score (nSPS) is 12.6. The summed E-state index contributed by atoms with van der Waals surface area (Å²) in [5.74, 6) is 0. The SMILES string of the molecule is C1=CC(c2ccccn2)=CC(c2c3ccccc3c(-c3cccc(-c4ccccn4)c3)c3ccc(-c4cc(Cc5ccccc5)cc(-c5ccccc5)c4)cc23)=CC1. The Kier molecular flexibility index (Phi) is 9.43. The van der Waals surface area contributed by atoms with Crippen LogP contribution in [-0.4, -0.2) is 9.97 Å². The van der Waals surface area contributed by atoms with Crippen molar-refractivity contribution in [1.29, 1.82) is 0 Å². The average Bonchev–Trinajstić information content (AvgIpc) is 3.55. The van der Waals surface area contributed by atoms with Crippen molar-refractivity contribution in [2.45, 2.75) is 12.8 Å². The first-order valence-corrected chi connectivity index (χ1v) is 20.0. The fraction of sp³-hybridized carbons (Fsp3) is 0.0357. The highest BCUT2D eigenvalue weighted by atomic mass is 14.7. The lowest BCUT2D eigenvalue weighted by Crippen LogP contribution is -1.95. The number of allylic oxidation sites excluding steroid dienone is 6. The Labute approximate surface area is 339 Å². The molecule has 10 rings (SSSR count). The number of nitrogens with zero attached hydrogens (tertiary/aromatic N) is 2. The zero-order valence-corrected chi connectivity index (χ0v) is 32.1. The number of hydrogen-bond acceptors (Lipinski definition) is 2. The lowest BCUT2D eigenvalue weighted by atomic mass is 9.83. The van der Waals surface area contributed by atoms with E-state index in [0.29, 0.717) is 0 Å². The van der Waals surface area contributed by atoms with Crippen molar-refractivity contribution in [3.05, 3.63) is 241 Å². The second-order valence-corrected chi connectivity index (χ2v) is 14.9. The first-order valence-electron chi connectivity index (χ1n) is 20.0. The minimum atomic E-state index is 0.827. The first-order chi connectivity index (χ1) is 28.7. The fourth-order valence-electron chi connectivity index (χ4n) is 8.47. The maximum absolute atomic E-state index is 4.76. The van der Waals surface area contributed by atoms with E-state index in [1.54, 1.807) is 0 Å². The topological polar surface area (TPSA) is 25.8 Å². The third-order valence-corrected chi connectivity index (χ3v) is 11.2. The maximum Gasteiger partial charge on any atom is 0.0702 e. The van der Waals surface area contributed by atoms with Crippen molar-refractivity contribution in [2.75, 3.05) is 0 Å². The van der Waals surface area contributed by atoms with Gasteiger partial charge in [0.25, 0.3) is 0 Å². The molecule has 2 nitrogen and oxygen atoms in total. The van der Waals surface area contributed by atoms with E-state index in [0.717, 1.165) is 35.4 Å². The molecule has 7 aromatic carbocycles. The Bertz CT molecular complexity index is 3020. The highest BCUT2D eigenvalue weighted by Crippen LogP contribution is 2.45. The molecule has 2 aromatic heterocycles. The number of pyridine rings is 2.